The van der Waals surface area contributed by atoms with Crippen molar-refractivity contribution >= 4 is 5.95 Å². The lowest BCUT2D eigenvalue weighted by Crippen LogP contribution is -2.33. The molecule has 0 aliphatic carbocycles. The zero-order valence-corrected chi connectivity index (χ0v) is 9.46. The topological polar surface area (TPSA) is 37.8 Å². The quantitative estimate of drug-likeness (QED) is 0.799. The Balaban J connectivity index is 2.72. The van der Waals surface area contributed by atoms with Crippen LogP contribution >= 0.6 is 0 Å². The average Bonchev–Trinajstić information content (AvgIpc) is 2.21. The molecule has 3 nitrogen and oxygen atoms in total. The van der Waals surface area contributed by atoms with Crippen LogP contribution in [0.4, 0.5) is 5.95 Å². The molecule has 14 heavy (non-hydrogen) atoms. The third-order valence-electron chi connectivity index (χ3n) is 2.76. The molecular weight excluding hydrogens is 174 g/mol. The number of anilines is 1. The number of hydrogen-bond donors (Lipinski definition) is 1. The normalized spacial score (nSPS) is 11.4. The van der Waals surface area contributed by atoms with Crippen LogP contribution < -0.4 is 5.32 Å². The Morgan fingerprint density at radius 3 is 2.14 bits per heavy atom. The molecule has 1 N–H and O–H groups in total. The van der Waals surface area contributed by atoms with E-state index in [4.69, 9.17) is 0 Å². The SMILES string of the molecule is CCC(C)(CC)Nc1ncc(C)cn1. The molecule has 1 heterocycles. The first-order chi connectivity index (χ1) is 6.59. The first kappa shape index (κ1) is 11.0. The molecule has 78 valence electrons. The van der Waals surface area contributed by atoms with Crippen molar-refractivity contribution in [1.82, 2.24) is 9.97 Å². The summed E-state index contributed by atoms with van der Waals surface area (Å²) < 4.78 is 0. The van der Waals surface area contributed by atoms with Crippen LogP contribution in [0.1, 0.15) is 39.2 Å². The van der Waals surface area contributed by atoms with E-state index in [1.807, 2.05) is 19.3 Å². The Hall–Kier alpha value is -1.12. The summed E-state index contributed by atoms with van der Waals surface area (Å²) >= 11 is 0. The van der Waals surface area contributed by atoms with E-state index in [0.717, 1.165) is 24.4 Å². The lowest BCUT2D eigenvalue weighted by atomic mass is 9.96. The van der Waals surface area contributed by atoms with Gasteiger partial charge in [-0.15, -0.1) is 0 Å². The van der Waals surface area contributed by atoms with Crippen LogP contribution in [-0.2, 0) is 0 Å². The largest absolute Gasteiger partial charge is 0.349 e. The number of rotatable bonds is 4. The van der Waals surface area contributed by atoms with Gasteiger partial charge in [-0.05, 0) is 32.3 Å². The van der Waals surface area contributed by atoms with Crippen molar-refractivity contribution in [3.8, 4) is 0 Å². The smallest absolute Gasteiger partial charge is 0.223 e. The van der Waals surface area contributed by atoms with Crippen LogP contribution in [0.2, 0.25) is 0 Å². The molecule has 1 aromatic heterocycles. The van der Waals surface area contributed by atoms with Crippen LogP contribution in [-0.4, -0.2) is 15.5 Å². The van der Waals surface area contributed by atoms with E-state index in [0.29, 0.717) is 0 Å². The van der Waals surface area contributed by atoms with Crippen molar-refractivity contribution in [2.75, 3.05) is 5.32 Å². The highest BCUT2D eigenvalue weighted by molar-refractivity contribution is 5.28. The maximum atomic E-state index is 4.24. The maximum Gasteiger partial charge on any atom is 0.223 e. The molecule has 0 aliphatic rings. The van der Waals surface area contributed by atoms with Gasteiger partial charge in [-0.1, -0.05) is 13.8 Å². The second kappa shape index (κ2) is 4.40. The molecule has 0 atom stereocenters. The number of nitrogens with zero attached hydrogens (tertiary/aromatic N) is 2. The second-order valence-electron chi connectivity index (χ2n) is 3.98. The lowest BCUT2D eigenvalue weighted by Gasteiger charge is -2.28. The van der Waals surface area contributed by atoms with Gasteiger partial charge in [0.1, 0.15) is 0 Å². The molecule has 0 radical (unpaired) electrons. The molecule has 0 saturated carbocycles. The number of hydrogen-bond acceptors (Lipinski definition) is 3. The molecule has 1 rings (SSSR count). The molecule has 0 bridgehead atoms. The van der Waals surface area contributed by atoms with Gasteiger partial charge < -0.3 is 5.32 Å². The summed E-state index contributed by atoms with van der Waals surface area (Å²) in [5.74, 6) is 0.724. The Bertz CT molecular complexity index is 275. The third-order valence-corrected chi connectivity index (χ3v) is 2.76. The third kappa shape index (κ3) is 2.69. The minimum absolute atomic E-state index is 0.106. The fourth-order valence-corrected chi connectivity index (χ4v) is 1.15. The van der Waals surface area contributed by atoms with Gasteiger partial charge in [0.05, 0.1) is 0 Å². The molecule has 1 aromatic rings. The Kier molecular flexibility index (Phi) is 3.44. The Labute approximate surface area is 86.0 Å². The second-order valence-corrected chi connectivity index (χ2v) is 3.98. The molecule has 0 aliphatic heterocycles. The van der Waals surface area contributed by atoms with Gasteiger partial charge in [0.15, 0.2) is 0 Å². The van der Waals surface area contributed by atoms with E-state index in [9.17, 15) is 0 Å². The van der Waals surface area contributed by atoms with Gasteiger partial charge in [0.25, 0.3) is 0 Å². The van der Waals surface area contributed by atoms with Gasteiger partial charge in [-0.25, -0.2) is 9.97 Å². The van der Waals surface area contributed by atoms with Crippen molar-refractivity contribution in [3.05, 3.63) is 18.0 Å². The predicted octanol–water partition coefficient (Wildman–Crippen LogP) is 2.78. The Morgan fingerprint density at radius 1 is 1.21 bits per heavy atom. The van der Waals surface area contributed by atoms with E-state index < -0.39 is 0 Å². The number of aryl methyl sites for hydroxylation is 1. The number of aromatic nitrogens is 2. The summed E-state index contributed by atoms with van der Waals surface area (Å²) in [6.45, 7) is 8.52. The van der Waals surface area contributed by atoms with Crippen LogP contribution in [0.15, 0.2) is 12.4 Å². The van der Waals surface area contributed by atoms with Crippen molar-refractivity contribution in [2.24, 2.45) is 0 Å². The number of nitrogens with one attached hydrogen (secondary N) is 1. The average molecular weight is 193 g/mol. The van der Waals surface area contributed by atoms with Gasteiger partial charge in [-0.3, -0.25) is 0 Å². The summed E-state index contributed by atoms with van der Waals surface area (Å²) in [7, 11) is 0. The predicted molar refractivity (Wildman–Crippen MR) is 59.4 cm³/mol. The molecule has 0 amide bonds. The zero-order valence-electron chi connectivity index (χ0n) is 9.46. The monoisotopic (exact) mass is 193 g/mol. The highest BCUT2D eigenvalue weighted by atomic mass is 15.1. The van der Waals surface area contributed by atoms with Gasteiger partial charge >= 0.3 is 0 Å². The van der Waals surface area contributed by atoms with E-state index in [2.05, 4.69) is 36.1 Å². The summed E-state index contributed by atoms with van der Waals surface area (Å²) in [4.78, 5) is 8.47. The van der Waals surface area contributed by atoms with E-state index in [1.54, 1.807) is 0 Å². The molecule has 0 fully saturated rings. The Morgan fingerprint density at radius 2 is 1.71 bits per heavy atom. The van der Waals surface area contributed by atoms with Crippen LogP contribution in [0, 0.1) is 6.92 Å². The fourth-order valence-electron chi connectivity index (χ4n) is 1.15. The van der Waals surface area contributed by atoms with E-state index in [-0.39, 0.29) is 5.54 Å². The standard InChI is InChI=1S/C11H19N3/c1-5-11(4,6-2)14-10-12-7-9(3)8-13-10/h7-8H,5-6H2,1-4H3,(H,12,13,14). The fraction of sp³-hybridized carbons (Fsp3) is 0.636. The highest BCUT2D eigenvalue weighted by Crippen LogP contribution is 2.18. The van der Waals surface area contributed by atoms with Crippen molar-refractivity contribution in [2.45, 2.75) is 46.1 Å². The van der Waals surface area contributed by atoms with Crippen LogP contribution in [0.3, 0.4) is 0 Å². The molecule has 0 unspecified atom stereocenters. The lowest BCUT2D eigenvalue weighted by molar-refractivity contribution is 0.474. The minimum Gasteiger partial charge on any atom is -0.349 e. The molecular formula is C11H19N3. The van der Waals surface area contributed by atoms with Gasteiger partial charge in [0, 0.05) is 17.9 Å². The zero-order chi connectivity index (χ0) is 10.6. The van der Waals surface area contributed by atoms with E-state index >= 15 is 0 Å². The van der Waals surface area contributed by atoms with Crippen LogP contribution in [0.5, 0.6) is 0 Å². The summed E-state index contributed by atoms with van der Waals surface area (Å²) in [6, 6.07) is 0. The van der Waals surface area contributed by atoms with Gasteiger partial charge in [-0.2, -0.15) is 0 Å². The highest BCUT2D eigenvalue weighted by Gasteiger charge is 2.19. The molecule has 0 spiro atoms. The van der Waals surface area contributed by atoms with E-state index in [1.165, 1.54) is 0 Å². The summed E-state index contributed by atoms with van der Waals surface area (Å²) in [6.07, 6.45) is 5.81. The summed E-state index contributed by atoms with van der Waals surface area (Å²) in [5.41, 5.74) is 1.19. The molecule has 0 saturated heterocycles. The van der Waals surface area contributed by atoms with Crippen molar-refractivity contribution in [3.63, 3.8) is 0 Å². The van der Waals surface area contributed by atoms with Crippen LogP contribution in [0.25, 0.3) is 0 Å². The molecule has 0 aromatic carbocycles. The summed E-state index contributed by atoms with van der Waals surface area (Å²) in [5, 5.41) is 3.36. The van der Waals surface area contributed by atoms with Gasteiger partial charge in [0.2, 0.25) is 5.95 Å². The van der Waals surface area contributed by atoms with Crippen molar-refractivity contribution in [1.29, 1.82) is 0 Å². The first-order valence-corrected chi connectivity index (χ1v) is 5.16. The first-order valence-electron chi connectivity index (χ1n) is 5.16. The molecule has 3 heteroatoms. The minimum atomic E-state index is 0.106. The maximum absolute atomic E-state index is 4.24. The van der Waals surface area contributed by atoms with Crippen molar-refractivity contribution < 1.29 is 0 Å².